The van der Waals surface area contributed by atoms with Crippen LogP contribution in [0.25, 0.3) is 0 Å². The third kappa shape index (κ3) is 9.19. The van der Waals surface area contributed by atoms with E-state index in [9.17, 15) is 39.3 Å². The minimum atomic E-state index is -2.39. The Morgan fingerprint density at radius 3 is 2.14 bits per heavy atom. The Balaban J connectivity index is 1.52. The Morgan fingerprint density at radius 1 is 0.938 bits per heavy atom. The van der Waals surface area contributed by atoms with Gasteiger partial charge in [0.2, 0.25) is 6.10 Å². The lowest BCUT2D eigenvalue weighted by Crippen LogP contribution is -2.81. The smallest absolute Gasteiger partial charge is 0.408 e. The number of ether oxygens (including phenoxy) is 6. The summed E-state index contributed by atoms with van der Waals surface area (Å²) in [5.41, 5.74) is -8.32. The molecule has 0 aromatic heterocycles. The number of nitrogens with one attached hydrogen (secondary N) is 1. The molecule has 11 atom stereocenters. The summed E-state index contributed by atoms with van der Waals surface area (Å²) in [6.07, 6.45) is -9.58. The first-order chi connectivity index (χ1) is 30.4. The van der Waals surface area contributed by atoms with Gasteiger partial charge in [0.05, 0.1) is 29.6 Å². The molecule has 1 aliphatic heterocycles. The molecule has 0 radical (unpaired) electrons. The fourth-order valence-corrected chi connectivity index (χ4v) is 10.4. The Labute approximate surface area is 379 Å². The SMILES string of the molecule is CCCCCC(=O)O[C@@H](C(=O)O[C@H]1C[C@@]2(O)C(OC(=O)c3ccccc3)C3[C@](C)(C(=O)[C@H](O)C(=C1C)C2(C)C)[C@@H](O)C[C@H]1OC[C@@]31OC(C)=O)[C@@H](NC(=O)OC(C)(C)C)c1ccccc1. The maximum Gasteiger partial charge on any atom is 0.408 e. The highest BCUT2D eigenvalue weighted by atomic mass is 16.6. The molecule has 65 heavy (non-hydrogen) atoms. The Bertz CT molecular complexity index is 2170. The van der Waals surface area contributed by atoms with Crippen LogP contribution in [0.4, 0.5) is 4.79 Å². The number of aliphatic hydroxyl groups excluding tert-OH is 2. The van der Waals surface area contributed by atoms with Crippen LogP contribution in [0.1, 0.15) is 123 Å². The van der Waals surface area contributed by atoms with Crippen molar-refractivity contribution in [2.45, 2.75) is 160 Å². The fraction of sp³-hybridized carbons (Fsp3) is 0.592. The predicted octanol–water partition coefficient (Wildman–Crippen LogP) is 5.39. The van der Waals surface area contributed by atoms with Gasteiger partial charge in [-0.1, -0.05) is 82.1 Å². The molecule has 3 fully saturated rings. The number of benzene rings is 2. The summed E-state index contributed by atoms with van der Waals surface area (Å²) < 4.78 is 36.1. The van der Waals surface area contributed by atoms with Crippen molar-refractivity contribution in [3.8, 4) is 0 Å². The van der Waals surface area contributed by atoms with Gasteiger partial charge in [0.25, 0.3) is 0 Å². The van der Waals surface area contributed by atoms with Crippen LogP contribution in [0.15, 0.2) is 71.8 Å². The predicted molar refractivity (Wildman–Crippen MR) is 232 cm³/mol. The largest absolute Gasteiger partial charge is 0.455 e. The topological polar surface area (TPSA) is 231 Å². The molecule has 2 aromatic rings. The molecule has 2 aromatic carbocycles. The van der Waals surface area contributed by atoms with Crippen LogP contribution in [0.3, 0.4) is 0 Å². The van der Waals surface area contributed by atoms with Crippen LogP contribution in [-0.4, -0.2) is 111 Å². The van der Waals surface area contributed by atoms with Crippen molar-refractivity contribution in [1.29, 1.82) is 0 Å². The lowest BCUT2D eigenvalue weighted by molar-refractivity contribution is -0.346. The minimum absolute atomic E-state index is 0.0599. The molecule has 1 amide bonds. The van der Waals surface area contributed by atoms with Crippen LogP contribution in [0, 0.1) is 16.7 Å². The molecular weight excluding hydrogens is 843 g/mol. The van der Waals surface area contributed by atoms with E-state index in [1.165, 1.54) is 26.0 Å². The van der Waals surface area contributed by atoms with Crippen LogP contribution in [-0.2, 0) is 47.6 Å². The van der Waals surface area contributed by atoms with E-state index < -0.39 is 118 Å². The number of fused-ring (bicyclic) bond motifs is 5. The molecule has 0 spiro atoms. The second-order valence-electron chi connectivity index (χ2n) is 19.5. The zero-order valence-electron chi connectivity index (χ0n) is 38.6. The first-order valence-electron chi connectivity index (χ1n) is 22.3. The summed E-state index contributed by atoms with van der Waals surface area (Å²) in [6, 6.07) is 14.8. The van der Waals surface area contributed by atoms with Crippen LogP contribution >= 0.6 is 0 Å². The van der Waals surface area contributed by atoms with E-state index in [4.69, 9.17) is 28.4 Å². The highest BCUT2D eigenvalue weighted by Gasteiger charge is 2.78. The second-order valence-corrected chi connectivity index (χ2v) is 19.5. The summed E-state index contributed by atoms with van der Waals surface area (Å²) in [5.74, 6) is -6.10. The van der Waals surface area contributed by atoms with Gasteiger partial charge in [-0.3, -0.25) is 14.4 Å². The van der Waals surface area contributed by atoms with Gasteiger partial charge in [-0.25, -0.2) is 14.4 Å². The molecule has 1 saturated heterocycles. The van der Waals surface area contributed by atoms with Gasteiger partial charge < -0.3 is 49.1 Å². The molecule has 2 saturated carbocycles. The van der Waals surface area contributed by atoms with Gasteiger partial charge in [-0.15, -0.1) is 0 Å². The average molecular weight is 906 g/mol. The van der Waals surface area contributed by atoms with Gasteiger partial charge in [-0.05, 0) is 69.9 Å². The van der Waals surface area contributed by atoms with Crippen molar-refractivity contribution in [2.75, 3.05) is 6.61 Å². The standard InChI is InChI=1S/C49H63NO15/c1-10-11-14-23-34(53)62-38(36(29-19-15-12-16-20-29)50-44(58)65-45(4,5)6)43(57)61-31-25-49(59)41(63-42(56)30-21-17-13-18-22-30)39-47(9,40(55)37(54)35(27(31)2)46(49,7)8)32(52)24-33-48(39,26-60-33)64-28(3)51/h12-13,15-22,31-33,36-39,41,52,54,59H,10-11,14,23-26H2,1-9H3,(H,50,58)/t31-,32-,33+,36-,37+,38+,39?,41?,47+,48-,49+/m0/s1. The average Bonchev–Trinajstić information content (AvgIpc) is 3.23. The summed E-state index contributed by atoms with van der Waals surface area (Å²) >= 11 is 0. The van der Waals surface area contributed by atoms with Crippen molar-refractivity contribution in [1.82, 2.24) is 5.32 Å². The first kappa shape index (κ1) is 49.3. The second kappa shape index (κ2) is 18.6. The maximum atomic E-state index is 15.2. The van der Waals surface area contributed by atoms with Crippen molar-refractivity contribution >= 4 is 35.8 Å². The van der Waals surface area contributed by atoms with Crippen molar-refractivity contribution < 1.29 is 72.5 Å². The number of ketones is 1. The van der Waals surface area contributed by atoms with E-state index in [2.05, 4.69) is 5.32 Å². The van der Waals surface area contributed by atoms with Gasteiger partial charge in [0, 0.05) is 31.6 Å². The quantitative estimate of drug-likeness (QED) is 0.0855. The zero-order chi connectivity index (χ0) is 47.9. The number of carbonyl (C=O) groups is 6. The Kier molecular flexibility index (Phi) is 14.1. The molecule has 3 aliphatic carbocycles. The normalized spacial score (nSPS) is 31.2. The molecule has 2 unspecified atom stereocenters. The summed E-state index contributed by atoms with van der Waals surface area (Å²) in [7, 11) is 0. The van der Waals surface area contributed by atoms with Crippen LogP contribution < -0.4 is 5.32 Å². The lowest BCUT2D eigenvalue weighted by Gasteiger charge is -2.67. The van der Waals surface area contributed by atoms with E-state index in [0.717, 1.165) is 13.3 Å². The number of rotatable bonds is 13. The van der Waals surface area contributed by atoms with E-state index in [0.29, 0.717) is 18.4 Å². The highest BCUT2D eigenvalue weighted by molar-refractivity contribution is 5.94. The third-order valence-electron chi connectivity index (χ3n) is 13.8. The van der Waals surface area contributed by atoms with Crippen LogP contribution in [0.2, 0.25) is 0 Å². The molecule has 16 nitrogen and oxygen atoms in total. The maximum absolute atomic E-state index is 15.2. The molecule has 16 heteroatoms. The molecule has 1 heterocycles. The molecule has 2 bridgehead atoms. The van der Waals surface area contributed by atoms with Gasteiger partial charge in [0.15, 0.2) is 11.4 Å². The number of aliphatic hydroxyl groups is 3. The Morgan fingerprint density at radius 2 is 1.57 bits per heavy atom. The number of carbonyl (C=O) groups excluding carboxylic acids is 6. The van der Waals surface area contributed by atoms with Crippen molar-refractivity contribution in [2.24, 2.45) is 16.7 Å². The van der Waals surface area contributed by atoms with Crippen LogP contribution in [0.5, 0.6) is 0 Å². The number of Topliss-reactive ketones (excluding diaryl/α,β-unsaturated/α-hetero) is 1. The highest BCUT2D eigenvalue weighted by Crippen LogP contribution is 2.64. The van der Waals surface area contributed by atoms with E-state index in [1.54, 1.807) is 83.1 Å². The molecule has 4 aliphatic rings. The molecule has 4 N–H and O–H groups in total. The van der Waals surface area contributed by atoms with Crippen molar-refractivity contribution in [3.63, 3.8) is 0 Å². The number of hydrogen-bond acceptors (Lipinski definition) is 15. The van der Waals surface area contributed by atoms with E-state index in [1.807, 2.05) is 6.92 Å². The van der Waals surface area contributed by atoms with Gasteiger partial charge in [0.1, 0.15) is 41.7 Å². The van der Waals surface area contributed by atoms with E-state index >= 15 is 4.79 Å². The zero-order valence-corrected chi connectivity index (χ0v) is 38.6. The number of hydrogen-bond donors (Lipinski definition) is 4. The third-order valence-corrected chi connectivity index (χ3v) is 13.8. The first-order valence-corrected chi connectivity index (χ1v) is 22.3. The molecule has 6 rings (SSSR count). The summed E-state index contributed by atoms with van der Waals surface area (Å²) in [6.45, 7) is 13.8. The molecule has 354 valence electrons. The van der Waals surface area contributed by atoms with Gasteiger partial charge >= 0.3 is 30.0 Å². The fourth-order valence-electron chi connectivity index (χ4n) is 10.4. The number of unbranched alkanes of at least 4 members (excludes halogenated alkanes) is 2. The number of esters is 4. The number of alkyl carbamates (subject to hydrolysis) is 1. The van der Waals surface area contributed by atoms with Gasteiger partial charge in [-0.2, -0.15) is 0 Å². The monoisotopic (exact) mass is 905 g/mol. The Hall–Kier alpha value is -5.16. The van der Waals surface area contributed by atoms with Crippen molar-refractivity contribution in [3.05, 3.63) is 82.9 Å². The minimum Gasteiger partial charge on any atom is -0.455 e. The van der Waals surface area contributed by atoms with E-state index in [-0.39, 0.29) is 36.2 Å². The summed E-state index contributed by atoms with van der Waals surface area (Å²) in [4.78, 5) is 84.3. The lowest BCUT2D eigenvalue weighted by atomic mass is 9.44. The number of amides is 1. The molecular formula is C49H63NO15. The summed E-state index contributed by atoms with van der Waals surface area (Å²) in [5, 5.41) is 40.7.